The lowest BCUT2D eigenvalue weighted by Gasteiger charge is -2.11. The predicted molar refractivity (Wildman–Crippen MR) is 104 cm³/mol. The van der Waals surface area contributed by atoms with Crippen LogP contribution in [0.15, 0.2) is 48.7 Å². The monoisotopic (exact) mass is 366 g/mol. The Hall–Kier alpha value is -3.28. The molecule has 0 bridgehead atoms. The normalized spacial score (nSPS) is 10.7. The van der Waals surface area contributed by atoms with E-state index in [1.165, 1.54) is 6.07 Å². The molecule has 0 aliphatic carbocycles. The molecule has 1 amide bonds. The minimum Gasteiger partial charge on any atom is -0.478 e. The number of para-hydroxylation sites is 2. The number of carbonyl (C=O) groups is 2. The molecule has 0 unspecified atom stereocenters. The number of amides is 1. The summed E-state index contributed by atoms with van der Waals surface area (Å²) in [7, 11) is 1.62. The molecule has 3 rings (SSSR count). The first-order valence-electron chi connectivity index (χ1n) is 8.77. The van der Waals surface area contributed by atoms with Crippen molar-refractivity contribution in [2.45, 2.75) is 26.2 Å². The number of fused-ring (bicyclic) bond motifs is 1. The minimum absolute atomic E-state index is 0.103. The molecule has 0 spiro atoms. The first kappa shape index (κ1) is 18.5. The molecule has 2 aromatic carbocycles. The van der Waals surface area contributed by atoms with E-state index in [4.69, 9.17) is 4.84 Å². The third kappa shape index (κ3) is 3.95. The molecule has 0 saturated heterocycles. The highest BCUT2D eigenvalue weighted by Gasteiger charge is 2.15. The molecule has 0 atom stereocenters. The van der Waals surface area contributed by atoms with Gasteiger partial charge in [0.15, 0.2) is 0 Å². The van der Waals surface area contributed by atoms with Crippen LogP contribution in [0.4, 0.5) is 5.69 Å². The molecule has 6 nitrogen and oxygen atoms in total. The maximum atomic E-state index is 12.3. The van der Waals surface area contributed by atoms with E-state index >= 15 is 0 Å². The number of aromatic nitrogens is 1. The second-order valence-corrected chi connectivity index (χ2v) is 6.38. The van der Waals surface area contributed by atoms with E-state index in [0.29, 0.717) is 18.5 Å². The Morgan fingerprint density at radius 2 is 1.93 bits per heavy atom. The van der Waals surface area contributed by atoms with Gasteiger partial charge in [-0.3, -0.25) is 4.79 Å². The fourth-order valence-electron chi connectivity index (χ4n) is 3.22. The molecule has 1 heterocycles. The van der Waals surface area contributed by atoms with Gasteiger partial charge in [0.25, 0.3) is 0 Å². The summed E-state index contributed by atoms with van der Waals surface area (Å²) in [6.45, 7) is 1.78. The molecule has 0 radical (unpaired) electrons. The van der Waals surface area contributed by atoms with Gasteiger partial charge >= 0.3 is 5.97 Å². The van der Waals surface area contributed by atoms with Crippen LogP contribution in [0.2, 0.25) is 0 Å². The Balaban J connectivity index is 1.65. The quantitative estimate of drug-likeness (QED) is 0.669. The molecule has 6 heteroatoms. The Labute approximate surface area is 157 Å². The summed E-state index contributed by atoms with van der Waals surface area (Å²) in [5.74, 6) is -1.25. The SMILES string of the molecule is COn1cc(CCCC(=O)Nc2c(C)cccc2C(=O)O)c2ccccc21. The largest absolute Gasteiger partial charge is 0.478 e. The number of carbonyl (C=O) groups excluding carboxylic acids is 1. The summed E-state index contributed by atoms with van der Waals surface area (Å²) in [5.41, 5.74) is 3.30. The molecule has 1 aromatic heterocycles. The number of nitrogens with zero attached hydrogens (tertiary/aromatic N) is 1. The molecule has 27 heavy (non-hydrogen) atoms. The van der Waals surface area contributed by atoms with Crippen LogP contribution in [-0.4, -0.2) is 28.8 Å². The summed E-state index contributed by atoms with van der Waals surface area (Å²) in [6, 6.07) is 12.9. The van der Waals surface area contributed by atoms with Gasteiger partial charge in [-0.2, -0.15) is 4.73 Å². The fraction of sp³-hybridized carbons (Fsp3) is 0.238. The van der Waals surface area contributed by atoms with Crippen molar-refractivity contribution in [3.8, 4) is 0 Å². The van der Waals surface area contributed by atoms with Crippen LogP contribution >= 0.6 is 0 Å². The maximum absolute atomic E-state index is 12.3. The number of hydrogen-bond donors (Lipinski definition) is 2. The number of carboxylic acids is 1. The molecule has 0 aliphatic rings. The van der Waals surface area contributed by atoms with Gasteiger partial charge in [-0.25, -0.2) is 4.79 Å². The van der Waals surface area contributed by atoms with Crippen molar-refractivity contribution in [1.82, 2.24) is 4.73 Å². The van der Waals surface area contributed by atoms with Crippen molar-refractivity contribution in [3.63, 3.8) is 0 Å². The highest BCUT2D eigenvalue weighted by atomic mass is 16.6. The van der Waals surface area contributed by atoms with Crippen molar-refractivity contribution in [2.24, 2.45) is 0 Å². The third-order valence-electron chi connectivity index (χ3n) is 4.57. The summed E-state index contributed by atoms with van der Waals surface area (Å²) < 4.78 is 1.72. The highest BCUT2D eigenvalue weighted by Crippen LogP contribution is 2.23. The van der Waals surface area contributed by atoms with E-state index in [9.17, 15) is 14.7 Å². The zero-order valence-electron chi connectivity index (χ0n) is 15.4. The Morgan fingerprint density at radius 1 is 1.15 bits per heavy atom. The number of rotatable bonds is 7. The highest BCUT2D eigenvalue weighted by molar-refractivity contribution is 6.01. The molecule has 0 saturated carbocycles. The van der Waals surface area contributed by atoms with Crippen molar-refractivity contribution in [2.75, 3.05) is 12.4 Å². The minimum atomic E-state index is -1.05. The average molecular weight is 366 g/mol. The Bertz CT molecular complexity index is 991. The van der Waals surface area contributed by atoms with Crippen molar-refractivity contribution < 1.29 is 19.5 Å². The van der Waals surface area contributed by atoms with Gasteiger partial charge in [0.05, 0.1) is 16.8 Å². The smallest absolute Gasteiger partial charge is 0.337 e. The van der Waals surface area contributed by atoms with E-state index in [-0.39, 0.29) is 11.5 Å². The van der Waals surface area contributed by atoms with Crippen molar-refractivity contribution in [1.29, 1.82) is 0 Å². The number of aryl methyl sites for hydroxylation is 2. The van der Waals surface area contributed by atoms with E-state index in [0.717, 1.165) is 28.5 Å². The van der Waals surface area contributed by atoms with Crippen LogP contribution in [0.1, 0.15) is 34.3 Å². The average Bonchev–Trinajstić information content (AvgIpc) is 3.01. The van der Waals surface area contributed by atoms with Crippen LogP contribution in [-0.2, 0) is 11.2 Å². The number of benzene rings is 2. The Kier molecular flexibility index (Phi) is 5.45. The summed E-state index contributed by atoms with van der Waals surface area (Å²) in [5, 5.41) is 13.1. The number of anilines is 1. The molecular formula is C21H22N2O4. The van der Waals surface area contributed by atoms with E-state index in [1.807, 2.05) is 30.5 Å². The lowest BCUT2D eigenvalue weighted by Crippen LogP contribution is -2.15. The van der Waals surface area contributed by atoms with Crippen LogP contribution in [0, 0.1) is 6.92 Å². The second kappa shape index (κ2) is 7.95. The van der Waals surface area contributed by atoms with Gasteiger partial charge in [-0.15, -0.1) is 0 Å². The van der Waals surface area contributed by atoms with Crippen LogP contribution in [0.5, 0.6) is 0 Å². The van der Waals surface area contributed by atoms with Gasteiger partial charge in [0.1, 0.15) is 7.11 Å². The standard InChI is InChI=1S/C21H22N2O4/c1-14-7-5-10-17(21(25)26)20(14)22-19(24)12-6-8-15-13-23(27-2)18-11-4-3-9-16(15)18/h3-5,7,9-11,13H,6,8,12H2,1-2H3,(H,22,24)(H,25,26). The van der Waals surface area contributed by atoms with E-state index in [2.05, 4.69) is 5.32 Å². The Morgan fingerprint density at radius 3 is 2.67 bits per heavy atom. The topological polar surface area (TPSA) is 80.6 Å². The van der Waals surface area contributed by atoms with Gasteiger partial charge in [-0.1, -0.05) is 30.3 Å². The number of carboxylic acid groups (broad SMARTS) is 1. The summed E-state index contributed by atoms with van der Waals surface area (Å²) in [4.78, 5) is 29.0. The molecule has 140 valence electrons. The van der Waals surface area contributed by atoms with Crippen molar-refractivity contribution >= 4 is 28.5 Å². The molecule has 2 N–H and O–H groups in total. The van der Waals surface area contributed by atoms with Crippen LogP contribution in [0.25, 0.3) is 10.9 Å². The van der Waals surface area contributed by atoms with Crippen LogP contribution in [0.3, 0.4) is 0 Å². The molecule has 0 fully saturated rings. The molecule has 3 aromatic rings. The lowest BCUT2D eigenvalue weighted by atomic mass is 10.1. The van der Waals surface area contributed by atoms with E-state index in [1.54, 1.807) is 30.9 Å². The lowest BCUT2D eigenvalue weighted by molar-refractivity contribution is -0.116. The molecule has 0 aliphatic heterocycles. The van der Waals surface area contributed by atoms with E-state index < -0.39 is 5.97 Å². The zero-order valence-corrected chi connectivity index (χ0v) is 15.4. The van der Waals surface area contributed by atoms with Gasteiger partial charge < -0.3 is 15.3 Å². The third-order valence-corrected chi connectivity index (χ3v) is 4.57. The van der Waals surface area contributed by atoms with Gasteiger partial charge in [0.2, 0.25) is 5.91 Å². The predicted octanol–water partition coefficient (Wildman–Crippen LogP) is 3.67. The fourth-order valence-corrected chi connectivity index (χ4v) is 3.22. The van der Waals surface area contributed by atoms with Gasteiger partial charge in [0, 0.05) is 18.0 Å². The molecular weight excluding hydrogens is 344 g/mol. The van der Waals surface area contributed by atoms with Crippen molar-refractivity contribution in [3.05, 3.63) is 65.4 Å². The first-order chi connectivity index (χ1) is 13.0. The maximum Gasteiger partial charge on any atom is 0.337 e. The summed E-state index contributed by atoms with van der Waals surface area (Å²) in [6.07, 6.45) is 3.62. The summed E-state index contributed by atoms with van der Waals surface area (Å²) >= 11 is 0. The van der Waals surface area contributed by atoms with Crippen LogP contribution < -0.4 is 10.2 Å². The number of nitrogens with one attached hydrogen (secondary N) is 1. The number of aromatic carboxylic acids is 1. The zero-order chi connectivity index (χ0) is 19.4. The first-order valence-corrected chi connectivity index (χ1v) is 8.77. The number of hydrogen-bond acceptors (Lipinski definition) is 3. The van der Waals surface area contributed by atoms with Gasteiger partial charge in [-0.05, 0) is 43.0 Å². The second-order valence-electron chi connectivity index (χ2n) is 6.38.